The molecule has 40 heavy (non-hydrogen) atoms. The Bertz CT molecular complexity index is 1600. The average Bonchev–Trinajstić information content (AvgIpc) is 3.01. The van der Waals surface area contributed by atoms with Crippen LogP contribution < -0.4 is 4.90 Å². The molecule has 0 aliphatic carbocycles. The Morgan fingerprint density at radius 3 is 1.45 bits per heavy atom. The van der Waals surface area contributed by atoms with Gasteiger partial charge in [0, 0.05) is 41.8 Å². The van der Waals surface area contributed by atoms with Gasteiger partial charge in [-0.2, -0.15) is 0 Å². The van der Waals surface area contributed by atoms with Gasteiger partial charge in [-0.3, -0.25) is 14.8 Å². The lowest BCUT2D eigenvalue weighted by atomic mass is 10.0. The van der Waals surface area contributed by atoms with Crippen LogP contribution in [0.2, 0.25) is 0 Å². The molecule has 2 aromatic heterocycles. The van der Waals surface area contributed by atoms with E-state index in [0.717, 1.165) is 44.9 Å². The van der Waals surface area contributed by atoms with Gasteiger partial charge in [-0.1, -0.05) is 48.6 Å². The number of allylic oxidation sites excluding steroid dienone is 2. The molecular weight excluding hydrogens is 496 g/mol. The SMILES string of the molecule is [C-]#[N+]/C(=C\C=C\c1ccc(N(c2ccc(-c3ccncc3)cc2)c2ccc(-c3ccncc3)cc2)cc1)C(=O)O. The van der Waals surface area contributed by atoms with E-state index in [1.54, 1.807) is 36.9 Å². The Kier molecular flexibility index (Phi) is 7.85. The average molecular weight is 521 g/mol. The van der Waals surface area contributed by atoms with Crippen molar-refractivity contribution in [3.05, 3.63) is 157 Å². The fourth-order valence-electron chi connectivity index (χ4n) is 4.28. The van der Waals surface area contributed by atoms with Gasteiger partial charge >= 0.3 is 5.97 Å². The van der Waals surface area contributed by atoms with Crippen molar-refractivity contribution in [1.82, 2.24) is 9.97 Å². The van der Waals surface area contributed by atoms with Gasteiger partial charge in [0.25, 0.3) is 5.70 Å². The number of hydrogen-bond acceptors (Lipinski definition) is 4. The second-order valence-corrected chi connectivity index (χ2v) is 8.82. The highest BCUT2D eigenvalue weighted by Gasteiger charge is 2.13. The minimum atomic E-state index is -1.24. The predicted molar refractivity (Wildman–Crippen MR) is 159 cm³/mol. The number of aromatic nitrogens is 2. The summed E-state index contributed by atoms with van der Waals surface area (Å²) in [5, 5.41) is 9.02. The Balaban J connectivity index is 1.48. The third-order valence-electron chi connectivity index (χ3n) is 6.31. The summed E-state index contributed by atoms with van der Waals surface area (Å²) in [6.45, 7) is 6.97. The van der Waals surface area contributed by atoms with Crippen molar-refractivity contribution in [1.29, 1.82) is 0 Å². The van der Waals surface area contributed by atoms with Crippen molar-refractivity contribution in [2.45, 2.75) is 0 Å². The molecule has 0 saturated heterocycles. The molecule has 5 rings (SSSR count). The smallest absolute Gasteiger partial charge is 0.333 e. The van der Waals surface area contributed by atoms with Gasteiger partial charge in [-0.15, -0.1) is 0 Å². The lowest BCUT2D eigenvalue weighted by molar-refractivity contribution is -0.132. The topological polar surface area (TPSA) is 70.7 Å². The minimum Gasteiger partial charge on any atom is -0.486 e. The lowest BCUT2D eigenvalue weighted by Crippen LogP contribution is -2.09. The number of benzene rings is 3. The van der Waals surface area contributed by atoms with Gasteiger partial charge in [0.2, 0.25) is 0 Å². The number of carbonyl (C=O) groups is 1. The van der Waals surface area contributed by atoms with Crippen molar-refractivity contribution < 1.29 is 9.90 Å². The highest BCUT2D eigenvalue weighted by atomic mass is 16.4. The summed E-state index contributed by atoms with van der Waals surface area (Å²) in [5.41, 5.74) is 7.94. The summed E-state index contributed by atoms with van der Waals surface area (Å²) >= 11 is 0. The van der Waals surface area contributed by atoms with E-state index in [9.17, 15) is 4.79 Å². The van der Waals surface area contributed by atoms with Gasteiger partial charge in [-0.05, 0) is 94.6 Å². The normalized spacial score (nSPS) is 11.2. The zero-order valence-electron chi connectivity index (χ0n) is 21.4. The molecule has 3 aromatic carbocycles. The van der Waals surface area contributed by atoms with Crippen LogP contribution >= 0.6 is 0 Å². The number of rotatable bonds is 8. The molecule has 0 bridgehead atoms. The maximum absolute atomic E-state index is 11.0. The van der Waals surface area contributed by atoms with Crippen LogP contribution in [-0.4, -0.2) is 21.0 Å². The van der Waals surface area contributed by atoms with Crippen LogP contribution in [0.5, 0.6) is 0 Å². The highest BCUT2D eigenvalue weighted by molar-refractivity contribution is 5.89. The van der Waals surface area contributed by atoms with E-state index in [1.807, 2.05) is 48.5 Å². The molecule has 5 aromatic rings. The zero-order valence-corrected chi connectivity index (χ0v) is 21.4. The van der Waals surface area contributed by atoms with E-state index in [2.05, 4.69) is 68.2 Å². The number of hydrogen-bond donors (Lipinski definition) is 1. The molecule has 0 aliphatic rings. The molecule has 0 atom stereocenters. The Morgan fingerprint density at radius 1 is 0.650 bits per heavy atom. The fourth-order valence-corrected chi connectivity index (χ4v) is 4.28. The molecule has 0 fully saturated rings. The first kappa shape index (κ1) is 25.8. The van der Waals surface area contributed by atoms with Gasteiger partial charge in [0.15, 0.2) is 0 Å². The van der Waals surface area contributed by atoms with Crippen LogP contribution in [0.3, 0.4) is 0 Å². The fraction of sp³-hybridized carbons (Fsp3) is 0. The second-order valence-electron chi connectivity index (χ2n) is 8.82. The van der Waals surface area contributed by atoms with E-state index >= 15 is 0 Å². The van der Waals surface area contributed by atoms with Crippen LogP contribution in [0, 0.1) is 6.57 Å². The molecule has 192 valence electrons. The first-order valence-electron chi connectivity index (χ1n) is 12.5. The second kappa shape index (κ2) is 12.2. The minimum absolute atomic E-state index is 0.329. The molecule has 1 N–H and O–H groups in total. The Labute approximate surface area is 232 Å². The standard InChI is InChI=1S/C34H24N4O2/c1-35-33(34(39)40)4-2-3-25-5-11-30(12-6-25)38(31-13-7-26(8-14-31)28-17-21-36-22-18-28)32-15-9-27(10-16-32)29-19-23-37-24-20-29/h2-24H,(H,39,40)/b3-2+,33-4-. The van der Waals surface area contributed by atoms with Crippen molar-refractivity contribution in [2.75, 3.05) is 4.90 Å². The van der Waals surface area contributed by atoms with Crippen LogP contribution in [0.25, 0.3) is 33.2 Å². The summed E-state index contributed by atoms with van der Waals surface area (Å²) in [6.07, 6.45) is 11.8. The third-order valence-corrected chi connectivity index (χ3v) is 6.31. The molecule has 0 amide bonds. The third kappa shape index (κ3) is 6.01. The predicted octanol–water partition coefficient (Wildman–Crippen LogP) is 8.18. The van der Waals surface area contributed by atoms with Gasteiger partial charge in [0.05, 0.1) is 6.57 Å². The molecule has 2 heterocycles. The number of carboxylic acid groups (broad SMARTS) is 1. The summed E-state index contributed by atoms with van der Waals surface area (Å²) in [5.74, 6) is -1.24. The van der Waals surface area contributed by atoms with Crippen molar-refractivity contribution >= 4 is 29.1 Å². The molecule has 6 heteroatoms. The quantitative estimate of drug-likeness (QED) is 0.127. The molecule has 6 nitrogen and oxygen atoms in total. The van der Waals surface area contributed by atoms with Crippen LogP contribution in [0.4, 0.5) is 17.1 Å². The van der Waals surface area contributed by atoms with Crippen molar-refractivity contribution in [2.24, 2.45) is 0 Å². The van der Waals surface area contributed by atoms with E-state index in [1.165, 1.54) is 6.08 Å². The van der Waals surface area contributed by atoms with Crippen LogP contribution in [-0.2, 0) is 4.79 Å². The number of anilines is 3. The summed E-state index contributed by atoms with van der Waals surface area (Å²) in [7, 11) is 0. The molecular formula is C34H24N4O2. The summed E-state index contributed by atoms with van der Waals surface area (Å²) in [6, 6.07) is 32.7. The maximum Gasteiger partial charge on any atom is 0.333 e. The first-order valence-corrected chi connectivity index (χ1v) is 12.5. The molecule has 0 radical (unpaired) electrons. The van der Waals surface area contributed by atoms with Crippen molar-refractivity contribution in [3.63, 3.8) is 0 Å². The lowest BCUT2D eigenvalue weighted by Gasteiger charge is -2.26. The number of aliphatic carboxylic acids is 1. The zero-order chi connectivity index (χ0) is 27.7. The summed E-state index contributed by atoms with van der Waals surface area (Å²) < 4.78 is 0. The highest BCUT2D eigenvalue weighted by Crippen LogP contribution is 2.36. The molecule has 0 saturated carbocycles. The van der Waals surface area contributed by atoms with E-state index < -0.39 is 5.97 Å². The molecule has 0 unspecified atom stereocenters. The van der Waals surface area contributed by atoms with E-state index in [0.29, 0.717) is 0 Å². The van der Waals surface area contributed by atoms with Gasteiger partial charge < -0.3 is 10.0 Å². The van der Waals surface area contributed by atoms with Gasteiger partial charge in [0.1, 0.15) is 0 Å². The van der Waals surface area contributed by atoms with E-state index in [-0.39, 0.29) is 5.70 Å². The van der Waals surface area contributed by atoms with Crippen molar-refractivity contribution in [3.8, 4) is 22.3 Å². The number of pyridine rings is 2. The van der Waals surface area contributed by atoms with Gasteiger partial charge in [-0.25, -0.2) is 4.85 Å². The maximum atomic E-state index is 11.0. The molecule has 0 spiro atoms. The van der Waals surface area contributed by atoms with E-state index in [4.69, 9.17) is 11.7 Å². The van der Waals surface area contributed by atoms with Crippen LogP contribution in [0.1, 0.15) is 5.56 Å². The monoisotopic (exact) mass is 520 g/mol. The van der Waals surface area contributed by atoms with Crippen LogP contribution in [0.15, 0.2) is 140 Å². The number of nitrogens with zero attached hydrogens (tertiary/aromatic N) is 4. The summed E-state index contributed by atoms with van der Waals surface area (Å²) in [4.78, 5) is 24.5. The Hall–Kier alpha value is -5.80. The Morgan fingerprint density at radius 2 is 1.05 bits per heavy atom. The number of carboxylic acids is 1. The largest absolute Gasteiger partial charge is 0.486 e. The first-order chi connectivity index (χ1) is 19.6. The molecule has 0 aliphatic heterocycles.